The minimum absolute atomic E-state index is 0.196. The third-order valence-electron chi connectivity index (χ3n) is 3.71. The number of aliphatic hydroxyl groups is 1. The highest BCUT2D eigenvalue weighted by Crippen LogP contribution is 2.24. The lowest BCUT2D eigenvalue weighted by Gasteiger charge is -2.17. The summed E-state index contributed by atoms with van der Waals surface area (Å²) in [5, 5.41) is 10.0. The van der Waals surface area contributed by atoms with Crippen LogP contribution in [0.2, 0.25) is 0 Å². The molecule has 1 aromatic heterocycles. The highest BCUT2D eigenvalue weighted by Gasteiger charge is 2.17. The van der Waals surface area contributed by atoms with E-state index in [1.807, 2.05) is 18.2 Å². The van der Waals surface area contributed by atoms with Crippen molar-refractivity contribution in [2.75, 3.05) is 0 Å². The Bertz CT molecular complexity index is 865. The third kappa shape index (κ3) is 2.83. The Labute approximate surface area is 129 Å². The third-order valence-corrected chi connectivity index (χ3v) is 3.71. The number of nitrogens with zero attached hydrogens (tertiary/aromatic N) is 1. The van der Waals surface area contributed by atoms with Crippen LogP contribution in [0.25, 0.3) is 22.2 Å². The van der Waals surface area contributed by atoms with Gasteiger partial charge in [0.05, 0.1) is 23.2 Å². The number of aryl methyl sites for hydroxylation is 1. The van der Waals surface area contributed by atoms with E-state index in [0.29, 0.717) is 0 Å². The van der Waals surface area contributed by atoms with Crippen molar-refractivity contribution in [3.05, 3.63) is 58.5 Å². The summed E-state index contributed by atoms with van der Waals surface area (Å²) in [6.07, 6.45) is 0. The van der Waals surface area contributed by atoms with Gasteiger partial charge in [-0.05, 0) is 44.0 Å². The summed E-state index contributed by atoms with van der Waals surface area (Å²) >= 11 is 0. The molecule has 0 unspecified atom stereocenters. The Kier molecular flexibility index (Phi) is 3.41. The molecule has 0 aliphatic heterocycles. The summed E-state index contributed by atoms with van der Waals surface area (Å²) < 4.78 is 1.59. The summed E-state index contributed by atoms with van der Waals surface area (Å²) in [7, 11) is 0. The van der Waals surface area contributed by atoms with Gasteiger partial charge in [-0.25, -0.2) is 4.79 Å². The second kappa shape index (κ2) is 5.14. The lowest BCUT2D eigenvalue weighted by atomic mass is 10.0. The van der Waals surface area contributed by atoms with Crippen molar-refractivity contribution in [3.63, 3.8) is 0 Å². The number of hydrogen-bond donors (Lipinski definition) is 2. The molecule has 0 saturated carbocycles. The lowest BCUT2D eigenvalue weighted by Crippen LogP contribution is -2.31. The minimum atomic E-state index is -0.946. The van der Waals surface area contributed by atoms with Crippen molar-refractivity contribution in [1.29, 1.82) is 0 Å². The molecule has 2 aromatic carbocycles. The molecule has 3 rings (SSSR count). The van der Waals surface area contributed by atoms with E-state index in [2.05, 4.69) is 36.2 Å². The van der Waals surface area contributed by atoms with Gasteiger partial charge in [0, 0.05) is 0 Å². The van der Waals surface area contributed by atoms with Crippen molar-refractivity contribution < 1.29 is 5.11 Å². The highest BCUT2D eigenvalue weighted by molar-refractivity contribution is 5.82. The molecule has 0 aliphatic carbocycles. The summed E-state index contributed by atoms with van der Waals surface area (Å²) in [6, 6.07) is 14.2. The van der Waals surface area contributed by atoms with Gasteiger partial charge >= 0.3 is 5.69 Å². The van der Waals surface area contributed by atoms with Crippen molar-refractivity contribution in [2.45, 2.75) is 32.9 Å². The predicted octanol–water partition coefficient (Wildman–Crippen LogP) is 3.08. The Hall–Kier alpha value is -2.33. The number of H-pyrrole nitrogens is 1. The topological polar surface area (TPSA) is 58.0 Å². The Morgan fingerprint density at radius 1 is 1.09 bits per heavy atom. The molecule has 0 radical (unpaired) electrons. The Balaban J connectivity index is 2.14. The molecule has 114 valence electrons. The van der Waals surface area contributed by atoms with Gasteiger partial charge in [-0.2, -0.15) is 0 Å². The number of fused-ring (bicyclic) bond motifs is 1. The Morgan fingerprint density at radius 3 is 2.36 bits per heavy atom. The number of aromatic nitrogens is 2. The van der Waals surface area contributed by atoms with Crippen LogP contribution in [0, 0.1) is 6.92 Å². The second-order valence-electron chi connectivity index (χ2n) is 6.43. The summed E-state index contributed by atoms with van der Waals surface area (Å²) in [4.78, 5) is 14.9. The number of benzene rings is 2. The standard InChI is InChI=1S/C18H20N2O2/c1-12-4-6-13(7-5-12)14-8-9-15-16(10-14)20(17(21)19-15)11-18(2,3)22/h4-10,22H,11H2,1-3H3,(H,19,21). The van der Waals surface area contributed by atoms with Crippen molar-refractivity contribution in [3.8, 4) is 11.1 Å². The van der Waals surface area contributed by atoms with Gasteiger partial charge in [0.1, 0.15) is 0 Å². The largest absolute Gasteiger partial charge is 0.389 e. The monoisotopic (exact) mass is 296 g/mol. The number of aromatic amines is 1. The van der Waals surface area contributed by atoms with Crippen LogP contribution in [0.3, 0.4) is 0 Å². The first-order chi connectivity index (χ1) is 10.3. The van der Waals surface area contributed by atoms with E-state index >= 15 is 0 Å². The molecule has 0 bridgehead atoms. The van der Waals surface area contributed by atoms with Crippen LogP contribution in [0.1, 0.15) is 19.4 Å². The highest BCUT2D eigenvalue weighted by atomic mass is 16.3. The van der Waals surface area contributed by atoms with Crippen LogP contribution in [0.15, 0.2) is 47.3 Å². The zero-order chi connectivity index (χ0) is 15.9. The predicted molar refractivity (Wildman–Crippen MR) is 89.0 cm³/mol. The zero-order valence-electron chi connectivity index (χ0n) is 13.1. The summed E-state index contributed by atoms with van der Waals surface area (Å²) in [5.41, 5.74) is 3.82. The van der Waals surface area contributed by atoms with E-state index in [1.165, 1.54) is 5.56 Å². The van der Waals surface area contributed by atoms with Gasteiger partial charge in [0.2, 0.25) is 0 Å². The van der Waals surface area contributed by atoms with Crippen LogP contribution in [-0.2, 0) is 6.54 Å². The van der Waals surface area contributed by atoms with Gasteiger partial charge in [0.25, 0.3) is 0 Å². The second-order valence-corrected chi connectivity index (χ2v) is 6.43. The van der Waals surface area contributed by atoms with Gasteiger partial charge < -0.3 is 10.1 Å². The van der Waals surface area contributed by atoms with Gasteiger partial charge in [-0.15, -0.1) is 0 Å². The smallest absolute Gasteiger partial charge is 0.326 e. The Morgan fingerprint density at radius 2 is 1.73 bits per heavy atom. The van der Waals surface area contributed by atoms with Crippen molar-refractivity contribution in [2.24, 2.45) is 0 Å². The molecule has 0 fully saturated rings. The van der Waals surface area contributed by atoms with Crippen LogP contribution >= 0.6 is 0 Å². The van der Waals surface area contributed by atoms with Crippen molar-refractivity contribution in [1.82, 2.24) is 9.55 Å². The van der Waals surface area contributed by atoms with Crippen LogP contribution in [0.4, 0.5) is 0 Å². The maximum absolute atomic E-state index is 12.1. The fourth-order valence-corrected chi connectivity index (χ4v) is 2.62. The molecule has 4 nitrogen and oxygen atoms in total. The fraction of sp³-hybridized carbons (Fsp3) is 0.278. The SMILES string of the molecule is Cc1ccc(-c2ccc3[nH]c(=O)n(CC(C)(C)O)c3c2)cc1. The van der Waals surface area contributed by atoms with Crippen molar-refractivity contribution >= 4 is 11.0 Å². The van der Waals surface area contributed by atoms with E-state index in [4.69, 9.17) is 0 Å². The normalized spacial score (nSPS) is 12.0. The first-order valence-electron chi connectivity index (χ1n) is 7.35. The number of hydrogen-bond acceptors (Lipinski definition) is 2. The van der Waals surface area contributed by atoms with E-state index in [-0.39, 0.29) is 12.2 Å². The number of rotatable bonds is 3. The number of imidazole rings is 1. The van der Waals surface area contributed by atoms with Crippen LogP contribution in [0.5, 0.6) is 0 Å². The average Bonchev–Trinajstić information content (AvgIpc) is 2.74. The molecule has 0 aliphatic rings. The molecule has 0 atom stereocenters. The first-order valence-corrected chi connectivity index (χ1v) is 7.35. The summed E-state index contributed by atoms with van der Waals surface area (Å²) in [5.74, 6) is 0. The molecule has 2 N–H and O–H groups in total. The van der Waals surface area contributed by atoms with E-state index in [1.54, 1.807) is 18.4 Å². The molecular weight excluding hydrogens is 276 g/mol. The maximum atomic E-state index is 12.1. The molecule has 1 heterocycles. The minimum Gasteiger partial charge on any atom is -0.389 e. The first kappa shape index (κ1) is 14.6. The van der Waals surface area contributed by atoms with Gasteiger partial charge in [0.15, 0.2) is 0 Å². The number of nitrogens with one attached hydrogen (secondary N) is 1. The lowest BCUT2D eigenvalue weighted by molar-refractivity contribution is 0.0617. The zero-order valence-corrected chi connectivity index (χ0v) is 13.1. The van der Waals surface area contributed by atoms with E-state index in [0.717, 1.165) is 22.2 Å². The van der Waals surface area contributed by atoms with Crippen LogP contribution in [-0.4, -0.2) is 20.3 Å². The molecule has 0 spiro atoms. The van der Waals surface area contributed by atoms with Gasteiger partial charge in [-0.3, -0.25) is 4.57 Å². The summed E-state index contributed by atoms with van der Waals surface area (Å²) in [6.45, 7) is 5.70. The average molecular weight is 296 g/mol. The van der Waals surface area contributed by atoms with Gasteiger partial charge in [-0.1, -0.05) is 35.9 Å². The quantitative estimate of drug-likeness (QED) is 0.780. The molecule has 3 aromatic rings. The van der Waals surface area contributed by atoms with Crippen LogP contribution < -0.4 is 5.69 Å². The fourth-order valence-electron chi connectivity index (χ4n) is 2.62. The van der Waals surface area contributed by atoms with E-state index in [9.17, 15) is 9.90 Å². The van der Waals surface area contributed by atoms with E-state index < -0.39 is 5.60 Å². The molecule has 0 saturated heterocycles. The molecule has 0 amide bonds. The molecular formula is C18H20N2O2. The maximum Gasteiger partial charge on any atom is 0.326 e. The molecule has 22 heavy (non-hydrogen) atoms. The molecule has 4 heteroatoms.